The summed E-state index contributed by atoms with van der Waals surface area (Å²) in [5, 5.41) is 3.94. The fourth-order valence-electron chi connectivity index (χ4n) is 2.82. The van der Waals surface area contributed by atoms with Crippen molar-refractivity contribution in [3.05, 3.63) is 41.8 Å². The molecular weight excluding hydrogens is 312 g/mol. The molecule has 2 aromatic rings. The molecule has 0 radical (unpaired) electrons. The molecule has 1 aromatic heterocycles. The maximum atomic E-state index is 12.6. The molecule has 1 aromatic carbocycles. The second kappa shape index (κ2) is 7.08. The zero-order valence-electron chi connectivity index (χ0n) is 13.3. The lowest BCUT2D eigenvalue weighted by Gasteiger charge is -2.22. The van der Waals surface area contributed by atoms with Gasteiger partial charge in [0.2, 0.25) is 5.91 Å². The van der Waals surface area contributed by atoms with Gasteiger partial charge in [0, 0.05) is 17.5 Å². The Labute approximate surface area is 140 Å². The van der Waals surface area contributed by atoms with E-state index in [-0.39, 0.29) is 11.9 Å². The third kappa shape index (κ3) is 3.69. The second-order valence-electron chi connectivity index (χ2n) is 5.58. The van der Waals surface area contributed by atoms with E-state index in [1.165, 1.54) is 11.8 Å². The average molecular weight is 332 g/mol. The number of carbonyl (C=O) groups is 1. The van der Waals surface area contributed by atoms with Crippen LogP contribution in [0, 0.1) is 6.92 Å². The number of rotatable bonds is 5. The minimum atomic E-state index is 0.0228. The number of hydrogen-bond acceptors (Lipinski definition) is 5. The minimum absolute atomic E-state index is 0.0228. The Balaban J connectivity index is 1.63. The number of hydrogen-bond donors (Lipinski definition) is 0. The molecule has 6 heteroatoms. The van der Waals surface area contributed by atoms with E-state index in [2.05, 4.69) is 5.16 Å². The van der Waals surface area contributed by atoms with Crippen LogP contribution in [0.25, 0.3) is 0 Å². The van der Waals surface area contributed by atoms with Crippen molar-refractivity contribution < 1.29 is 14.1 Å². The van der Waals surface area contributed by atoms with Gasteiger partial charge in [-0.3, -0.25) is 4.79 Å². The van der Waals surface area contributed by atoms with Crippen molar-refractivity contribution in [2.45, 2.75) is 30.7 Å². The zero-order valence-corrected chi connectivity index (χ0v) is 14.1. The van der Waals surface area contributed by atoms with Crippen molar-refractivity contribution in [1.29, 1.82) is 0 Å². The summed E-state index contributed by atoms with van der Waals surface area (Å²) < 4.78 is 10.6. The first kappa shape index (κ1) is 15.9. The molecule has 0 bridgehead atoms. The predicted octanol–water partition coefficient (Wildman–Crippen LogP) is 3.45. The third-order valence-electron chi connectivity index (χ3n) is 3.95. The van der Waals surface area contributed by atoms with E-state index >= 15 is 0 Å². The van der Waals surface area contributed by atoms with Crippen molar-refractivity contribution in [1.82, 2.24) is 10.1 Å². The van der Waals surface area contributed by atoms with Crippen molar-refractivity contribution in [2.75, 3.05) is 19.4 Å². The molecule has 1 amide bonds. The molecule has 1 aliphatic heterocycles. The largest absolute Gasteiger partial charge is 0.497 e. The van der Waals surface area contributed by atoms with Crippen molar-refractivity contribution >= 4 is 17.7 Å². The number of amides is 1. The van der Waals surface area contributed by atoms with E-state index in [0.29, 0.717) is 5.75 Å². The number of benzene rings is 1. The first-order valence-corrected chi connectivity index (χ1v) is 8.65. The summed E-state index contributed by atoms with van der Waals surface area (Å²) >= 11 is 1.53. The van der Waals surface area contributed by atoms with Gasteiger partial charge in [-0.15, -0.1) is 11.8 Å². The summed E-state index contributed by atoms with van der Waals surface area (Å²) in [4.78, 5) is 15.5. The van der Waals surface area contributed by atoms with Crippen LogP contribution in [0.1, 0.15) is 30.3 Å². The van der Waals surface area contributed by atoms with Gasteiger partial charge in [-0.25, -0.2) is 0 Å². The molecule has 0 aliphatic carbocycles. The fourth-order valence-corrected chi connectivity index (χ4v) is 3.65. The van der Waals surface area contributed by atoms with Gasteiger partial charge in [-0.2, -0.15) is 0 Å². The molecule has 1 unspecified atom stereocenters. The highest BCUT2D eigenvalue weighted by atomic mass is 32.2. The third-order valence-corrected chi connectivity index (χ3v) is 4.93. The Morgan fingerprint density at radius 3 is 3.09 bits per heavy atom. The number of thioether (sulfide) groups is 1. The van der Waals surface area contributed by atoms with Crippen LogP contribution in [0.5, 0.6) is 5.75 Å². The quantitative estimate of drug-likeness (QED) is 0.785. The number of likely N-dealkylation sites (tertiary alicyclic amines) is 1. The maximum absolute atomic E-state index is 12.6. The lowest BCUT2D eigenvalue weighted by Crippen LogP contribution is -2.31. The number of aryl methyl sites for hydroxylation is 1. The lowest BCUT2D eigenvalue weighted by molar-refractivity contribution is -0.129. The van der Waals surface area contributed by atoms with E-state index in [0.717, 1.165) is 41.5 Å². The fraction of sp³-hybridized carbons (Fsp3) is 0.412. The monoisotopic (exact) mass is 332 g/mol. The highest BCUT2D eigenvalue weighted by molar-refractivity contribution is 8.00. The average Bonchev–Trinajstić information content (AvgIpc) is 3.21. The second-order valence-corrected chi connectivity index (χ2v) is 6.63. The summed E-state index contributed by atoms with van der Waals surface area (Å²) in [6.07, 6.45) is 1.93. The topological polar surface area (TPSA) is 55.6 Å². The van der Waals surface area contributed by atoms with E-state index in [4.69, 9.17) is 9.26 Å². The number of aromatic nitrogens is 1. The minimum Gasteiger partial charge on any atom is -0.497 e. The molecule has 1 saturated heterocycles. The molecule has 5 nitrogen and oxygen atoms in total. The first-order valence-electron chi connectivity index (χ1n) is 7.67. The highest BCUT2D eigenvalue weighted by Gasteiger charge is 2.32. The van der Waals surface area contributed by atoms with Gasteiger partial charge in [-0.05, 0) is 38.0 Å². The lowest BCUT2D eigenvalue weighted by atomic mass is 10.1. The van der Waals surface area contributed by atoms with Gasteiger partial charge in [-0.1, -0.05) is 11.2 Å². The standard InChI is InChI=1S/C17H20N2O3S/c1-12-9-16(22-18-12)15-7-4-8-19(15)17(20)11-23-14-6-3-5-13(10-14)21-2/h3,5-6,9-10,15H,4,7-8,11H2,1-2H3. The Bertz CT molecular complexity index is 686. The molecule has 2 heterocycles. The van der Waals surface area contributed by atoms with Crippen molar-refractivity contribution in [3.8, 4) is 5.75 Å². The molecule has 122 valence electrons. The summed E-state index contributed by atoms with van der Waals surface area (Å²) in [5.74, 6) is 2.14. The molecule has 23 heavy (non-hydrogen) atoms. The molecule has 3 rings (SSSR count). The first-order chi connectivity index (χ1) is 11.2. The summed E-state index contributed by atoms with van der Waals surface area (Å²) in [5.41, 5.74) is 0.852. The SMILES string of the molecule is COc1cccc(SCC(=O)N2CCCC2c2cc(C)no2)c1. The van der Waals surface area contributed by atoms with Gasteiger partial charge >= 0.3 is 0 Å². The Kier molecular flexibility index (Phi) is 4.91. The normalized spacial score (nSPS) is 17.5. The van der Waals surface area contributed by atoms with E-state index < -0.39 is 0 Å². The summed E-state index contributed by atoms with van der Waals surface area (Å²) in [7, 11) is 1.64. The summed E-state index contributed by atoms with van der Waals surface area (Å²) in [6.45, 7) is 2.68. The molecule has 1 fully saturated rings. The Morgan fingerprint density at radius 2 is 2.35 bits per heavy atom. The number of ether oxygens (including phenoxy) is 1. The van der Waals surface area contributed by atoms with Crippen molar-refractivity contribution in [2.24, 2.45) is 0 Å². The van der Waals surface area contributed by atoms with Crippen LogP contribution in [0.2, 0.25) is 0 Å². The van der Waals surface area contributed by atoms with Gasteiger partial charge in [0.1, 0.15) is 5.75 Å². The van der Waals surface area contributed by atoms with Crippen LogP contribution in [-0.2, 0) is 4.79 Å². The predicted molar refractivity (Wildman–Crippen MR) is 88.6 cm³/mol. The number of carbonyl (C=O) groups excluding carboxylic acids is 1. The van der Waals surface area contributed by atoms with Crippen LogP contribution in [0.3, 0.4) is 0 Å². The van der Waals surface area contributed by atoms with Gasteiger partial charge in [0.15, 0.2) is 5.76 Å². The van der Waals surface area contributed by atoms with Gasteiger partial charge in [0.25, 0.3) is 0 Å². The smallest absolute Gasteiger partial charge is 0.233 e. The van der Waals surface area contributed by atoms with Crippen LogP contribution >= 0.6 is 11.8 Å². The van der Waals surface area contributed by atoms with E-state index in [1.54, 1.807) is 7.11 Å². The van der Waals surface area contributed by atoms with Crippen LogP contribution in [0.4, 0.5) is 0 Å². The van der Waals surface area contributed by atoms with Crippen LogP contribution < -0.4 is 4.74 Å². The summed E-state index contributed by atoms with van der Waals surface area (Å²) in [6, 6.07) is 9.71. The molecule has 0 N–H and O–H groups in total. The number of nitrogens with zero attached hydrogens (tertiary/aromatic N) is 2. The van der Waals surface area contributed by atoms with Crippen LogP contribution in [-0.4, -0.2) is 35.4 Å². The highest BCUT2D eigenvalue weighted by Crippen LogP contribution is 2.33. The van der Waals surface area contributed by atoms with E-state index in [1.807, 2.05) is 42.2 Å². The van der Waals surface area contributed by atoms with Gasteiger partial charge in [0.05, 0.1) is 24.6 Å². The Morgan fingerprint density at radius 1 is 1.48 bits per heavy atom. The molecule has 0 spiro atoms. The van der Waals surface area contributed by atoms with Gasteiger partial charge < -0.3 is 14.2 Å². The zero-order chi connectivity index (χ0) is 16.2. The molecule has 1 aliphatic rings. The molecule has 1 atom stereocenters. The molecular formula is C17H20N2O3S. The Hall–Kier alpha value is -1.95. The number of methoxy groups -OCH3 is 1. The van der Waals surface area contributed by atoms with Crippen molar-refractivity contribution in [3.63, 3.8) is 0 Å². The van der Waals surface area contributed by atoms with E-state index in [9.17, 15) is 4.79 Å². The molecule has 0 saturated carbocycles. The maximum Gasteiger partial charge on any atom is 0.233 e. The van der Waals surface area contributed by atoms with Crippen LogP contribution in [0.15, 0.2) is 39.8 Å².